The predicted octanol–water partition coefficient (Wildman–Crippen LogP) is 5.15. The van der Waals surface area contributed by atoms with Gasteiger partial charge in [0, 0.05) is 43.5 Å². The van der Waals surface area contributed by atoms with Gasteiger partial charge < -0.3 is 20.0 Å². The largest absolute Gasteiger partial charge is 0.451 e. The summed E-state index contributed by atoms with van der Waals surface area (Å²) in [5, 5.41) is 21.1. The Morgan fingerprint density at radius 1 is 0.904 bits per heavy atom. The van der Waals surface area contributed by atoms with Crippen LogP contribution in [-0.4, -0.2) is 84.7 Å². The minimum Gasteiger partial charge on any atom is -0.329 e. The molecule has 2 aromatic heterocycles. The number of carbonyl (C=O) groups is 2. The van der Waals surface area contributed by atoms with Crippen LogP contribution in [0.25, 0.3) is 22.5 Å². The number of nitrogens with zero attached hydrogens (tertiary/aromatic N) is 9. The van der Waals surface area contributed by atoms with E-state index in [1.165, 1.54) is 27.7 Å². The lowest BCUT2D eigenvalue weighted by Crippen LogP contribution is -2.49. The topological polar surface area (TPSA) is 155 Å². The molecular formula is C34H26F6N10O2. The van der Waals surface area contributed by atoms with Crippen LogP contribution in [0.2, 0.25) is 0 Å². The number of nitriles is 2. The first-order valence-corrected chi connectivity index (χ1v) is 15.7. The summed E-state index contributed by atoms with van der Waals surface area (Å²) in [4.78, 5) is 46.4. The third-order valence-electron chi connectivity index (χ3n) is 8.78. The van der Waals surface area contributed by atoms with Gasteiger partial charge in [0.05, 0.1) is 40.8 Å². The van der Waals surface area contributed by atoms with E-state index in [-0.39, 0.29) is 35.7 Å². The number of amides is 2. The summed E-state index contributed by atoms with van der Waals surface area (Å²) in [6.07, 6.45) is 1.46. The van der Waals surface area contributed by atoms with E-state index in [9.17, 15) is 37.7 Å². The minimum absolute atomic E-state index is 0.0407. The van der Waals surface area contributed by atoms with Crippen LogP contribution in [0.5, 0.6) is 0 Å². The average molecular weight is 721 g/mol. The molecule has 0 spiro atoms. The van der Waals surface area contributed by atoms with E-state index in [4.69, 9.17) is 0 Å². The molecule has 1 N–H and O–H groups in total. The van der Waals surface area contributed by atoms with Crippen molar-refractivity contribution in [2.75, 3.05) is 31.5 Å². The van der Waals surface area contributed by atoms with Crippen molar-refractivity contribution in [2.45, 2.75) is 38.0 Å². The lowest BCUT2D eigenvalue weighted by Gasteiger charge is -2.34. The Labute approximate surface area is 292 Å². The zero-order valence-electron chi connectivity index (χ0n) is 27.1. The highest BCUT2D eigenvalue weighted by Crippen LogP contribution is 2.36. The maximum Gasteiger partial charge on any atom is 0.451 e. The maximum atomic E-state index is 16.8. The number of carbonyl (C=O) groups excluding carboxylic acids is 2. The number of halogens is 6. The molecule has 12 nitrogen and oxygen atoms in total. The number of aromatic nitrogens is 4. The van der Waals surface area contributed by atoms with E-state index in [1.54, 1.807) is 0 Å². The number of rotatable bonds is 7. The summed E-state index contributed by atoms with van der Waals surface area (Å²) in [6, 6.07) is 5.06. The van der Waals surface area contributed by atoms with Gasteiger partial charge in [0.25, 0.3) is 11.8 Å². The first-order valence-electron chi connectivity index (χ1n) is 15.7. The maximum absolute atomic E-state index is 16.8. The summed E-state index contributed by atoms with van der Waals surface area (Å²) in [5.41, 5.74) is -3.15. The zero-order valence-corrected chi connectivity index (χ0v) is 27.1. The molecule has 266 valence electrons. The zero-order chi connectivity index (χ0) is 37.3. The molecule has 2 atom stereocenters. The second-order valence-corrected chi connectivity index (χ2v) is 12.1. The standard InChI is InChI=1S/C34H26F6N10O2/c1-18-44-13-26(36)29(45-18)19-2-3-22(25(35)12-19)31(51)47-30-23(27-6-9-43-33(46-27)34(38,39)40)4-5-24(28(30)37)32(52)50(20-7-10-48(14-20)16-41)21-8-11-49(15-21)17-42/h2-6,9,12-13,20-21H,7-8,10-11,14-15H2,1H3,(H,47,51)/t20-,21-/m1/s1. The summed E-state index contributed by atoms with van der Waals surface area (Å²) in [6.45, 7) is 2.42. The molecule has 0 saturated carbocycles. The third kappa shape index (κ3) is 7.00. The summed E-state index contributed by atoms with van der Waals surface area (Å²) < 4.78 is 87.3. The van der Waals surface area contributed by atoms with Crippen LogP contribution in [0.1, 0.15) is 45.2 Å². The highest BCUT2D eigenvalue weighted by molar-refractivity contribution is 6.08. The third-order valence-corrected chi connectivity index (χ3v) is 8.78. The predicted molar refractivity (Wildman–Crippen MR) is 170 cm³/mol. The molecule has 6 rings (SSSR count). The number of hydrogen-bond acceptors (Lipinski definition) is 10. The molecule has 2 aliphatic heterocycles. The van der Waals surface area contributed by atoms with Gasteiger partial charge in [-0.25, -0.2) is 33.1 Å². The molecule has 2 fully saturated rings. The van der Waals surface area contributed by atoms with Crippen LogP contribution >= 0.6 is 0 Å². The molecule has 0 unspecified atom stereocenters. The number of likely N-dealkylation sites (tertiary alicyclic amines) is 2. The van der Waals surface area contributed by atoms with Crippen molar-refractivity contribution in [3.05, 3.63) is 89.0 Å². The summed E-state index contributed by atoms with van der Waals surface area (Å²) in [7, 11) is 0. The fourth-order valence-electron chi connectivity index (χ4n) is 6.30. The van der Waals surface area contributed by atoms with Crippen LogP contribution in [0.3, 0.4) is 0 Å². The molecule has 2 saturated heterocycles. The molecule has 0 radical (unpaired) electrons. The summed E-state index contributed by atoms with van der Waals surface area (Å²) >= 11 is 0. The molecule has 2 amide bonds. The number of hydrogen-bond donors (Lipinski definition) is 1. The van der Waals surface area contributed by atoms with Crippen molar-refractivity contribution in [3.63, 3.8) is 0 Å². The Balaban J connectivity index is 1.42. The van der Waals surface area contributed by atoms with Gasteiger partial charge in [0.15, 0.2) is 24.0 Å². The van der Waals surface area contributed by atoms with Crippen molar-refractivity contribution in [1.82, 2.24) is 34.6 Å². The fourth-order valence-corrected chi connectivity index (χ4v) is 6.30. The smallest absolute Gasteiger partial charge is 0.329 e. The molecule has 18 heteroatoms. The second-order valence-electron chi connectivity index (χ2n) is 12.1. The van der Waals surface area contributed by atoms with Crippen LogP contribution in [0.15, 0.2) is 48.8 Å². The van der Waals surface area contributed by atoms with Crippen molar-refractivity contribution in [2.24, 2.45) is 0 Å². The highest BCUT2D eigenvalue weighted by atomic mass is 19.4. The molecule has 0 bridgehead atoms. The molecule has 4 aromatic rings. The van der Waals surface area contributed by atoms with E-state index in [0.29, 0.717) is 25.9 Å². The van der Waals surface area contributed by atoms with E-state index < -0.39 is 75.9 Å². The lowest BCUT2D eigenvalue weighted by molar-refractivity contribution is -0.144. The van der Waals surface area contributed by atoms with Crippen molar-refractivity contribution < 1.29 is 35.9 Å². The number of anilines is 1. The lowest BCUT2D eigenvalue weighted by atomic mass is 10.0. The van der Waals surface area contributed by atoms with Crippen molar-refractivity contribution >= 4 is 17.5 Å². The Bertz CT molecular complexity index is 2120. The van der Waals surface area contributed by atoms with Crippen LogP contribution in [0.4, 0.5) is 32.0 Å². The van der Waals surface area contributed by atoms with Gasteiger partial charge in [-0.2, -0.15) is 23.7 Å². The summed E-state index contributed by atoms with van der Waals surface area (Å²) in [5.74, 6) is -6.86. The van der Waals surface area contributed by atoms with Gasteiger partial charge >= 0.3 is 6.18 Å². The number of benzene rings is 2. The highest BCUT2D eigenvalue weighted by Gasteiger charge is 2.40. The van der Waals surface area contributed by atoms with E-state index in [0.717, 1.165) is 42.7 Å². The van der Waals surface area contributed by atoms with Crippen molar-refractivity contribution in [3.8, 4) is 34.9 Å². The molecule has 4 heterocycles. The molecule has 2 aliphatic rings. The van der Waals surface area contributed by atoms with Gasteiger partial charge in [-0.3, -0.25) is 9.59 Å². The van der Waals surface area contributed by atoms with Gasteiger partial charge in [-0.05, 0) is 50.1 Å². The first kappa shape index (κ1) is 35.5. The number of aryl methyl sites for hydroxylation is 1. The van der Waals surface area contributed by atoms with E-state index in [1.807, 2.05) is 12.4 Å². The van der Waals surface area contributed by atoms with Gasteiger partial charge in [-0.15, -0.1) is 0 Å². The number of alkyl halides is 3. The Morgan fingerprint density at radius 2 is 1.56 bits per heavy atom. The van der Waals surface area contributed by atoms with Gasteiger partial charge in [0.1, 0.15) is 17.3 Å². The number of nitrogens with one attached hydrogen (secondary N) is 1. The second kappa shape index (κ2) is 14.1. The van der Waals surface area contributed by atoms with Crippen LogP contribution in [-0.2, 0) is 6.18 Å². The van der Waals surface area contributed by atoms with E-state index in [2.05, 4.69) is 25.3 Å². The Morgan fingerprint density at radius 3 is 2.15 bits per heavy atom. The molecular weight excluding hydrogens is 694 g/mol. The normalized spacial score (nSPS) is 17.1. The monoisotopic (exact) mass is 720 g/mol. The van der Waals surface area contributed by atoms with Crippen molar-refractivity contribution in [1.29, 1.82) is 10.5 Å². The van der Waals surface area contributed by atoms with Gasteiger partial charge in [-0.1, -0.05) is 6.07 Å². The van der Waals surface area contributed by atoms with Crippen LogP contribution < -0.4 is 5.32 Å². The molecule has 52 heavy (non-hydrogen) atoms. The quantitative estimate of drug-likeness (QED) is 0.200. The Kier molecular flexibility index (Phi) is 9.66. The molecule has 0 aliphatic carbocycles. The minimum atomic E-state index is -4.99. The van der Waals surface area contributed by atoms with Gasteiger partial charge in [0.2, 0.25) is 5.82 Å². The molecule has 2 aromatic carbocycles. The average Bonchev–Trinajstić information content (AvgIpc) is 3.80. The van der Waals surface area contributed by atoms with E-state index >= 15 is 8.78 Å². The SMILES string of the molecule is Cc1ncc(F)c(-c2ccc(C(=O)Nc3c(-c4ccnc(C(F)(F)F)n4)ccc(C(=O)N([C@@H]4CCN(C#N)C4)[C@@H]4CCN(C#N)C4)c3F)c(F)c2)n1. The van der Waals surface area contributed by atoms with Crippen LogP contribution in [0, 0.1) is 47.3 Å². The fraction of sp³-hybridized carbons (Fsp3) is 0.294. The first-order chi connectivity index (χ1) is 24.8. The Hall–Kier alpha value is -6.30.